The van der Waals surface area contributed by atoms with Crippen molar-refractivity contribution in [2.45, 2.75) is 45.6 Å². The summed E-state index contributed by atoms with van der Waals surface area (Å²) in [6.45, 7) is 8.34. The van der Waals surface area contributed by atoms with Crippen LogP contribution in [0, 0.1) is 5.92 Å². The lowest BCUT2D eigenvalue weighted by atomic mass is 10.0. The Kier molecular flexibility index (Phi) is 5.49. The molecule has 1 heterocycles. The molecule has 1 saturated heterocycles. The van der Waals surface area contributed by atoms with Crippen LogP contribution in [0.2, 0.25) is 0 Å². The molecule has 1 aliphatic heterocycles. The van der Waals surface area contributed by atoms with Gasteiger partial charge >= 0.3 is 0 Å². The first kappa shape index (κ1) is 12.0. The lowest BCUT2D eigenvalue weighted by Gasteiger charge is -2.32. The van der Waals surface area contributed by atoms with Crippen LogP contribution in [0.15, 0.2) is 0 Å². The van der Waals surface area contributed by atoms with Crippen LogP contribution >= 0.6 is 0 Å². The van der Waals surface area contributed by atoms with Crippen LogP contribution in [0.3, 0.4) is 0 Å². The SMILES string of the molecule is CCC(C)CCN(C)C1CCNCC1. The number of nitrogens with one attached hydrogen (secondary N) is 1. The average molecular weight is 198 g/mol. The van der Waals surface area contributed by atoms with Gasteiger partial charge in [0.2, 0.25) is 0 Å². The summed E-state index contributed by atoms with van der Waals surface area (Å²) in [5.41, 5.74) is 0. The minimum absolute atomic E-state index is 0.834. The summed E-state index contributed by atoms with van der Waals surface area (Å²) < 4.78 is 0. The van der Waals surface area contributed by atoms with Gasteiger partial charge in [-0.15, -0.1) is 0 Å². The molecule has 0 bridgehead atoms. The highest BCUT2D eigenvalue weighted by Gasteiger charge is 2.17. The summed E-state index contributed by atoms with van der Waals surface area (Å²) >= 11 is 0. The first-order valence-corrected chi connectivity index (χ1v) is 6.15. The third-order valence-electron chi connectivity index (χ3n) is 3.60. The van der Waals surface area contributed by atoms with Crippen molar-refractivity contribution < 1.29 is 0 Å². The van der Waals surface area contributed by atoms with Crippen LogP contribution < -0.4 is 5.32 Å². The molecule has 0 spiro atoms. The van der Waals surface area contributed by atoms with Crippen molar-refractivity contribution in [2.24, 2.45) is 5.92 Å². The van der Waals surface area contributed by atoms with Crippen LogP contribution in [0.25, 0.3) is 0 Å². The van der Waals surface area contributed by atoms with Gasteiger partial charge in [-0.2, -0.15) is 0 Å². The third-order valence-corrected chi connectivity index (χ3v) is 3.60. The lowest BCUT2D eigenvalue weighted by molar-refractivity contribution is 0.188. The van der Waals surface area contributed by atoms with Crippen molar-refractivity contribution in [3.05, 3.63) is 0 Å². The van der Waals surface area contributed by atoms with Gasteiger partial charge in [-0.05, 0) is 51.9 Å². The molecular weight excluding hydrogens is 172 g/mol. The van der Waals surface area contributed by atoms with E-state index in [0.717, 1.165) is 12.0 Å². The fourth-order valence-corrected chi connectivity index (χ4v) is 2.06. The van der Waals surface area contributed by atoms with Gasteiger partial charge in [0.15, 0.2) is 0 Å². The van der Waals surface area contributed by atoms with Crippen molar-refractivity contribution in [3.63, 3.8) is 0 Å². The van der Waals surface area contributed by atoms with E-state index in [9.17, 15) is 0 Å². The Labute approximate surface area is 89.1 Å². The molecule has 0 amide bonds. The van der Waals surface area contributed by atoms with E-state index in [1.807, 2.05) is 0 Å². The number of piperidine rings is 1. The Morgan fingerprint density at radius 2 is 2.00 bits per heavy atom. The molecule has 0 aromatic heterocycles. The van der Waals surface area contributed by atoms with Gasteiger partial charge in [0.05, 0.1) is 0 Å². The van der Waals surface area contributed by atoms with Crippen molar-refractivity contribution in [2.75, 3.05) is 26.7 Å². The van der Waals surface area contributed by atoms with E-state index in [2.05, 4.69) is 31.1 Å². The molecule has 1 N–H and O–H groups in total. The Morgan fingerprint density at radius 3 is 2.57 bits per heavy atom. The Hall–Kier alpha value is -0.0800. The average Bonchev–Trinajstić information content (AvgIpc) is 2.26. The van der Waals surface area contributed by atoms with Gasteiger partial charge in [-0.3, -0.25) is 0 Å². The molecule has 0 aromatic carbocycles. The van der Waals surface area contributed by atoms with Crippen molar-refractivity contribution in [1.29, 1.82) is 0 Å². The number of rotatable bonds is 5. The maximum Gasteiger partial charge on any atom is 0.0116 e. The molecule has 1 atom stereocenters. The third kappa shape index (κ3) is 3.97. The Morgan fingerprint density at radius 1 is 1.36 bits per heavy atom. The fourth-order valence-electron chi connectivity index (χ4n) is 2.06. The van der Waals surface area contributed by atoms with Gasteiger partial charge in [-0.25, -0.2) is 0 Å². The van der Waals surface area contributed by atoms with E-state index in [0.29, 0.717) is 0 Å². The quantitative estimate of drug-likeness (QED) is 0.728. The highest BCUT2D eigenvalue weighted by atomic mass is 15.1. The van der Waals surface area contributed by atoms with E-state index in [-0.39, 0.29) is 0 Å². The normalized spacial score (nSPS) is 21.4. The van der Waals surface area contributed by atoms with E-state index in [4.69, 9.17) is 0 Å². The largest absolute Gasteiger partial charge is 0.317 e. The van der Waals surface area contributed by atoms with Crippen molar-refractivity contribution >= 4 is 0 Å². The number of nitrogens with zero attached hydrogens (tertiary/aromatic N) is 1. The molecule has 0 radical (unpaired) electrons. The molecule has 2 heteroatoms. The predicted octanol–water partition coefficient (Wildman–Crippen LogP) is 2.11. The van der Waals surface area contributed by atoms with Crippen molar-refractivity contribution in [1.82, 2.24) is 10.2 Å². The highest BCUT2D eigenvalue weighted by Crippen LogP contribution is 2.13. The van der Waals surface area contributed by atoms with Crippen molar-refractivity contribution in [3.8, 4) is 0 Å². The summed E-state index contributed by atoms with van der Waals surface area (Å²) in [5.74, 6) is 0.888. The topological polar surface area (TPSA) is 15.3 Å². The summed E-state index contributed by atoms with van der Waals surface area (Å²) in [5, 5.41) is 3.42. The Balaban J connectivity index is 2.16. The molecule has 84 valence electrons. The molecule has 0 aliphatic carbocycles. The minimum Gasteiger partial charge on any atom is -0.317 e. The second-order valence-corrected chi connectivity index (χ2v) is 4.76. The molecule has 14 heavy (non-hydrogen) atoms. The maximum absolute atomic E-state index is 3.42. The monoisotopic (exact) mass is 198 g/mol. The van der Waals surface area contributed by atoms with Crippen LogP contribution in [-0.4, -0.2) is 37.6 Å². The first-order valence-electron chi connectivity index (χ1n) is 6.15. The predicted molar refractivity (Wildman–Crippen MR) is 62.6 cm³/mol. The molecule has 0 saturated carbocycles. The number of hydrogen-bond donors (Lipinski definition) is 1. The molecule has 2 nitrogen and oxygen atoms in total. The fraction of sp³-hybridized carbons (Fsp3) is 1.00. The first-order chi connectivity index (χ1) is 6.74. The molecule has 1 aliphatic rings. The van der Waals surface area contributed by atoms with Gasteiger partial charge in [0.25, 0.3) is 0 Å². The second kappa shape index (κ2) is 6.41. The van der Waals surface area contributed by atoms with Crippen LogP contribution in [0.4, 0.5) is 0 Å². The summed E-state index contributed by atoms with van der Waals surface area (Å²) in [6.07, 6.45) is 5.34. The van der Waals surface area contributed by atoms with E-state index < -0.39 is 0 Å². The summed E-state index contributed by atoms with van der Waals surface area (Å²) in [7, 11) is 2.29. The highest BCUT2D eigenvalue weighted by molar-refractivity contribution is 4.75. The molecular formula is C12H26N2. The second-order valence-electron chi connectivity index (χ2n) is 4.76. The molecule has 0 aromatic rings. The zero-order valence-electron chi connectivity index (χ0n) is 10.1. The zero-order valence-corrected chi connectivity index (χ0v) is 10.1. The Bertz CT molecular complexity index is 141. The number of hydrogen-bond acceptors (Lipinski definition) is 2. The smallest absolute Gasteiger partial charge is 0.0116 e. The minimum atomic E-state index is 0.834. The van der Waals surface area contributed by atoms with E-state index >= 15 is 0 Å². The van der Waals surface area contributed by atoms with Gasteiger partial charge in [0, 0.05) is 6.04 Å². The summed E-state index contributed by atoms with van der Waals surface area (Å²) in [6, 6.07) is 0.834. The summed E-state index contributed by atoms with van der Waals surface area (Å²) in [4.78, 5) is 2.56. The van der Waals surface area contributed by atoms with Crippen LogP contribution in [0.5, 0.6) is 0 Å². The van der Waals surface area contributed by atoms with Crippen LogP contribution in [-0.2, 0) is 0 Å². The zero-order chi connectivity index (χ0) is 10.4. The van der Waals surface area contributed by atoms with E-state index in [1.54, 1.807) is 0 Å². The van der Waals surface area contributed by atoms with Gasteiger partial charge in [-0.1, -0.05) is 20.3 Å². The standard InChI is InChI=1S/C12H26N2/c1-4-11(2)7-10-14(3)12-5-8-13-9-6-12/h11-13H,4-10H2,1-3H3. The molecule has 1 unspecified atom stereocenters. The van der Waals surface area contributed by atoms with E-state index in [1.165, 1.54) is 45.3 Å². The van der Waals surface area contributed by atoms with Gasteiger partial charge in [0.1, 0.15) is 0 Å². The van der Waals surface area contributed by atoms with Gasteiger partial charge < -0.3 is 10.2 Å². The maximum atomic E-state index is 3.42. The molecule has 1 rings (SSSR count). The van der Waals surface area contributed by atoms with Crippen LogP contribution in [0.1, 0.15) is 39.5 Å². The lowest BCUT2D eigenvalue weighted by Crippen LogP contribution is -2.41. The molecule has 1 fully saturated rings.